The summed E-state index contributed by atoms with van der Waals surface area (Å²) in [6.45, 7) is 10.2. The summed E-state index contributed by atoms with van der Waals surface area (Å²) in [6, 6.07) is 4.07. The van der Waals surface area contributed by atoms with Crippen molar-refractivity contribution in [2.75, 3.05) is 32.8 Å². The van der Waals surface area contributed by atoms with Gasteiger partial charge in [-0.05, 0) is 26.8 Å². The monoisotopic (exact) mass is 298 g/mol. The highest BCUT2D eigenvalue weighted by atomic mass is 19.2. The van der Waals surface area contributed by atoms with Gasteiger partial charge < -0.3 is 10.1 Å². The summed E-state index contributed by atoms with van der Waals surface area (Å²) in [6.07, 6.45) is 0. The fourth-order valence-corrected chi connectivity index (χ4v) is 2.65. The van der Waals surface area contributed by atoms with Gasteiger partial charge in [-0.2, -0.15) is 0 Å². The van der Waals surface area contributed by atoms with Crippen LogP contribution in [0.1, 0.15) is 32.4 Å². The number of nitrogens with zero attached hydrogens (tertiary/aromatic N) is 1. The van der Waals surface area contributed by atoms with Crippen molar-refractivity contribution in [1.82, 2.24) is 10.2 Å². The van der Waals surface area contributed by atoms with Crippen LogP contribution in [0.3, 0.4) is 0 Å². The largest absolute Gasteiger partial charge is 0.379 e. The zero-order valence-electron chi connectivity index (χ0n) is 13.0. The number of halogens is 2. The van der Waals surface area contributed by atoms with E-state index >= 15 is 0 Å². The van der Waals surface area contributed by atoms with Gasteiger partial charge in [0.1, 0.15) is 0 Å². The third kappa shape index (κ3) is 3.99. The molecule has 0 radical (unpaired) electrons. The Bertz CT molecular complexity index is 473. The van der Waals surface area contributed by atoms with Crippen molar-refractivity contribution in [2.24, 2.45) is 0 Å². The van der Waals surface area contributed by atoms with E-state index in [-0.39, 0.29) is 11.6 Å². The third-order valence-electron chi connectivity index (χ3n) is 4.16. The van der Waals surface area contributed by atoms with Crippen molar-refractivity contribution >= 4 is 0 Å². The second-order valence-electron chi connectivity index (χ2n) is 6.16. The Labute approximate surface area is 125 Å². The van der Waals surface area contributed by atoms with Crippen molar-refractivity contribution < 1.29 is 13.5 Å². The molecule has 1 aromatic carbocycles. The maximum atomic E-state index is 13.8. The van der Waals surface area contributed by atoms with E-state index in [1.807, 2.05) is 6.92 Å². The first-order valence-electron chi connectivity index (χ1n) is 7.42. The summed E-state index contributed by atoms with van der Waals surface area (Å²) in [4.78, 5) is 2.36. The van der Waals surface area contributed by atoms with Gasteiger partial charge >= 0.3 is 0 Å². The van der Waals surface area contributed by atoms with Crippen LogP contribution in [-0.2, 0) is 4.74 Å². The van der Waals surface area contributed by atoms with Gasteiger partial charge in [0.05, 0.1) is 13.2 Å². The minimum absolute atomic E-state index is 0.0537. The van der Waals surface area contributed by atoms with E-state index in [4.69, 9.17) is 4.74 Å². The lowest BCUT2D eigenvalue weighted by Gasteiger charge is -2.41. The lowest BCUT2D eigenvalue weighted by atomic mass is 10.0. The van der Waals surface area contributed by atoms with E-state index in [1.165, 1.54) is 0 Å². The average Bonchev–Trinajstić information content (AvgIpc) is 2.49. The van der Waals surface area contributed by atoms with Crippen LogP contribution in [0.25, 0.3) is 0 Å². The van der Waals surface area contributed by atoms with E-state index < -0.39 is 11.6 Å². The molecule has 118 valence electrons. The number of benzene rings is 1. The molecule has 3 nitrogen and oxygen atoms in total. The predicted molar refractivity (Wildman–Crippen MR) is 79.2 cm³/mol. The van der Waals surface area contributed by atoms with E-state index in [2.05, 4.69) is 24.1 Å². The molecule has 1 aliphatic rings. The Balaban J connectivity index is 1.96. The average molecular weight is 298 g/mol. The minimum atomic E-state index is -0.798. The Kier molecular flexibility index (Phi) is 5.30. The van der Waals surface area contributed by atoms with Crippen molar-refractivity contribution in [3.63, 3.8) is 0 Å². The van der Waals surface area contributed by atoms with Gasteiger partial charge in [0, 0.05) is 36.8 Å². The summed E-state index contributed by atoms with van der Waals surface area (Å²) in [5.74, 6) is -1.56. The SMILES string of the molecule is CC(NCC(C)(C)N1CCOCC1)c1cccc(F)c1F. The van der Waals surface area contributed by atoms with Crippen LogP contribution in [-0.4, -0.2) is 43.3 Å². The summed E-state index contributed by atoms with van der Waals surface area (Å²) in [5.41, 5.74) is 0.315. The zero-order chi connectivity index (χ0) is 15.5. The minimum Gasteiger partial charge on any atom is -0.379 e. The number of ether oxygens (including phenoxy) is 1. The number of nitrogens with one attached hydrogen (secondary N) is 1. The number of hydrogen-bond donors (Lipinski definition) is 1. The first-order valence-corrected chi connectivity index (χ1v) is 7.42. The van der Waals surface area contributed by atoms with E-state index in [9.17, 15) is 8.78 Å². The standard InChI is InChI=1S/C16H24F2N2O/c1-12(13-5-4-6-14(17)15(13)18)19-11-16(2,3)20-7-9-21-10-8-20/h4-6,12,19H,7-11H2,1-3H3. The van der Waals surface area contributed by atoms with Crippen LogP contribution in [0, 0.1) is 11.6 Å². The summed E-state index contributed by atoms with van der Waals surface area (Å²) in [5, 5.41) is 3.32. The Hall–Kier alpha value is -1.04. The van der Waals surface area contributed by atoms with Gasteiger partial charge in [0.25, 0.3) is 0 Å². The number of hydrogen-bond acceptors (Lipinski definition) is 3. The summed E-state index contributed by atoms with van der Waals surface area (Å²) in [7, 11) is 0. The second kappa shape index (κ2) is 6.81. The molecule has 1 heterocycles. The normalized spacial score (nSPS) is 18.7. The maximum Gasteiger partial charge on any atom is 0.163 e. The van der Waals surface area contributed by atoms with Crippen LogP contribution in [0.4, 0.5) is 8.78 Å². The molecule has 1 N–H and O–H groups in total. The zero-order valence-corrected chi connectivity index (χ0v) is 13.0. The molecular weight excluding hydrogens is 274 g/mol. The molecule has 1 saturated heterocycles. The van der Waals surface area contributed by atoms with E-state index in [0.717, 1.165) is 32.4 Å². The van der Waals surface area contributed by atoms with Crippen LogP contribution in [0.15, 0.2) is 18.2 Å². The number of rotatable bonds is 5. The van der Waals surface area contributed by atoms with Gasteiger partial charge in [-0.1, -0.05) is 12.1 Å². The highest BCUT2D eigenvalue weighted by Gasteiger charge is 2.28. The fourth-order valence-electron chi connectivity index (χ4n) is 2.65. The van der Waals surface area contributed by atoms with Gasteiger partial charge in [-0.3, -0.25) is 4.90 Å². The van der Waals surface area contributed by atoms with Crippen molar-refractivity contribution in [1.29, 1.82) is 0 Å². The van der Waals surface area contributed by atoms with Crippen LogP contribution < -0.4 is 5.32 Å². The lowest BCUT2D eigenvalue weighted by molar-refractivity contribution is -0.0102. The van der Waals surface area contributed by atoms with Crippen molar-refractivity contribution in [3.8, 4) is 0 Å². The molecule has 21 heavy (non-hydrogen) atoms. The van der Waals surface area contributed by atoms with Crippen molar-refractivity contribution in [2.45, 2.75) is 32.4 Å². The van der Waals surface area contributed by atoms with Gasteiger partial charge in [-0.25, -0.2) is 8.78 Å². The van der Waals surface area contributed by atoms with Gasteiger partial charge in [0.15, 0.2) is 11.6 Å². The summed E-state index contributed by atoms with van der Waals surface area (Å²) < 4.78 is 32.4. The molecule has 2 rings (SSSR count). The lowest BCUT2D eigenvalue weighted by Crippen LogP contribution is -2.54. The molecule has 5 heteroatoms. The predicted octanol–water partition coefficient (Wildman–Crippen LogP) is 2.73. The smallest absolute Gasteiger partial charge is 0.163 e. The van der Waals surface area contributed by atoms with Gasteiger partial charge in [0.2, 0.25) is 0 Å². The number of morpholine rings is 1. The van der Waals surface area contributed by atoms with Crippen molar-refractivity contribution in [3.05, 3.63) is 35.4 Å². The molecule has 1 aromatic rings. The molecule has 1 fully saturated rings. The summed E-state index contributed by atoms with van der Waals surface area (Å²) >= 11 is 0. The molecule has 0 aliphatic carbocycles. The highest BCUT2D eigenvalue weighted by molar-refractivity contribution is 5.22. The topological polar surface area (TPSA) is 24.5 Å². The molecule has 0 aromatic heterocycles. The quantitative estimate of drug-likeness (QED) is 0.904. The first-order chi connectivity index (χ1) is 9.92. The Morgan fingerprint density at radius 3 is 2.62 bits per heavy atom. The van der Waals surface area contributed by atoms with Gasteiger partial charge in [-0.15, -0.1) is 0 Å². The van der Waals surface area contributed by atoms with E-state index in [1.54, 1.807) is 12.1 Å². The Morgan fingerprint density at radius 1 is 1.29 bits per heavy atom. The van der Waals surface area contributed by atoms with Crippen LogP contribution in [0.5, 0.6) is 0 Å². The molecule has 1 aliphatic heterocycles. The molecule has 0 amide bonds. The fraction of sp³-hybridized carbons (Fsp3) is 0.625. The second-order valence-corrected chi connectivity index (χ2v) is 6.16. The van der Waals surface area contributed by atoms with Crippen LogP contribution in [0.2, 0.25) is 0 Å². The molecule has 0 bridgehead atoms. The molecule has 1 unspecified atom stereocenters. The molecular formula is C16H24F2N2O. The van der Waals surface area contributed by atoms with E-state index in [0.29, 0.717) is 12.1 Å². The Morgan fingerprint density at radius 2 is 1.95 bits per heavy atom. The third-order valence-corrected chi connectivity index (χ3v) is 4.16. The molecule has 0 saturated carbocycles. The molecule has 1 atom stereocenters. The van der Waals surface area contributed by atoms with Crippen LogP contribution >= 0.6 is 0 Å². The highest BCUT2D eigenvalue weighted by Crippen LogP contribution is 2.21. The first kappa shape index (κ1) is 16.3. The maximum absolute atomic E-state index is 13.8. The molecule has 0 spiro atoms.